The summed E-state index contributed by atoms with van der Waals surface area (Å²) >= 11 is 0. The first kappa shape index (κ1) is 12.1. The second-order valence-electron chi connectivity index (χ2n) is 3.08. The molecule has 0 spiro atoms. The normalized spacial score (nSPS) is 10.9. The van der Waals surface area contributed by atoms with Gasteiger partial charge in [0.05, 0.1) is 6.61 Å². The monoisotopic (exact) mass is 218 g/mol. The molecule has 0 radical (unpaired) electrons. The lowest BCUT2D eigenvalue weighted by molar-refractivity contribution is 0.0477. The van der Waals surface area contributed by atoms with Gasteiger partial charge in [-0.3, -0.25) is 0 Å². The van der Waals surface area contributed by atoms with E-state index in [1.807, 2.05) is 30.3 Å². The van der Waals surface area contributed by atoms with Crippen LogP contribution in [-0.2, 0) is 9.47 Å². The fourth-order valence-electron chi connectivity index (χ4n) is 1.03. The number of benzene rings is 1. The molecule has 0 aliphatic carbocycles. The van der Waals surface area contributed by atoms with Crippen molar-refractivity contribution in [2.45, 2.75) is 20.0 Å². The lowest BCUT2D eigenvalue weighted by atomic mass is 10.2. The highest BCUT2D eigenvalue weighted by molar-refractivity contribution is 5.60. The summed E-state index contributed by atoms with van der Waals surface area (Å²) in [5.41, 5.74) is 0.891. The van der Waals surface area contributed by atoms with Gasteiger partial charge in [-0.05, 0) is 26.0 Å². The van der Waals surface area contributed by atoms with E-state index >= 15 is 0 Å². The van der Waals surface area contributed by atoms with E-state index in [4.69, 9.17) is 4.74 Å². The molecule has 1 aromatic rings. The van der Waals surface area contributed by atoms with Crippen LogP contribution in [0.4, 0.5) is 4.79 Å². The van der Waals surface area contributed by atoms with Crippen molar-refractivity contribution in [1.29, 1.82) is 0 Å². The van der Waals surface area contributed by atoms with E-state index < -0.39 is 12.3 Å². The quantitative estimate of drug-likeness (QED) is 0.565. The molecule has 0 saturated heterocycles. The van der Waals surface area contributed by atoms with Gasteiger partial charge in [-0.25, -0.2) is 4.79 Å². The second-order valence-corrected chi connectivity index (χ2v) is 3.08. The smallest absolute Gasteiger partial charge is 0.435 e. The molecule has 0 aliphatic heterocycles. The lowest BCUT2D eigenvalue weighted by Gasteiger charge is -2.05. The molecule has 0 saturated carbocycles. The maximum atomic E-state index is 11.0. The predicted molar refractivity (Wildman–Crippen MR) is 60.9 cm³/mol. The second kappa shape index (κ2) is 6.52. The first-order valence-corrected chi connectivity index (χ1v) is 5.12. The van der Waals surface area contributed by atoms with Crippen LogP contribution in [0.1, 0.15) is 19.4 Å². The van der Waals surface area contributed by atoms with Crippen LogP contribution < -0.4 is 0 Å². The van der Waals surface area contributed by atoms with Crippen LogP contribution in [0, 0.1) is 11.8 Å². The zero-order valence-electron chi connectivity index (χ0n) is 9.40. The van der Waals surface area contributed by atoms with Crippen molar-refractivity contribution >= 4 is 6.16 Å². The van der Waals surface area contributed by atoms with Crippen LogP contribution >= 0.6 is 0 Å². The molecular formula is C13H14O3. The summed E-state index contributed by atoms with van der Waals surface area (Å²) in [5, 5.41) is 0. The van der Waals surface area contributed by atoms with Crippen molar-refractivity contribution < 1.29 is 14.3 Å². The van der Waals surface area contributed by atoms with Crippen LogP contribution in [0.25, 0.3) is 0 Å². The molecule has 3 nitrogen and oxygen atoms in total. The van der Waals surface area contributed by atoms with Crippen molar-refractivity contribution in [3.63, 3.8) is 0 Å². The fourth-order valence-corrected chi connectivity index (χ4v) is 1.03. The van der Waals surface area contributed by atoms with Crippen molar-refractivity contribution in [1.82, 2.24) is 0 Å². The minimum Gasteiger partial charge on any atom is -0.435 e. The third kappa shape index (κ3) is 4.52. The van der Waals surface area contributed by atoms with E-state index in [-0.39, 0.29) is 0 Å². The Morgan fingerprint density at radius 2 is 2.06 bits per heavy atom. The van der Waals surface area contributed by atoms with Crippen LogP contribution in [0.2, 0.25) is 0 Å². The Morgan fingerprint density at radius 1 is 1.38 bits per heavy atom. The SMILES string of the molecule is CCOC(=O)OC(C)C#Cc1ccccc1. The summed E-state index contributed by atoms with van der Waals surface area (Å²) in [4.78, 5) is 11.0. The van der Waals surface area contributed by atoms with Gasteiger partial charge < -0.3 is 9.47 Å². The standard InChI is InChI=1S/C13H14O3/c1-3-15-13(14)16-11(2)9-10-12-7-5-4-6-8-12/h4-8,11H,3H2,1-2H3. The maximum absolute atomic E-state index is 11.0. The highest BCUT2D eigenvalue weighted by atomic mass is 16.7. The van der Waals surface area contributed by atoms with Crippen LogP contribution in [0.15, 0.2) is 30.3 Å². The number of carbonyl (C=O) groups is 1. The number of hydrogen-bond acceptors (Lipinski definition) is 3. The molecule has 0 fully saturated rings. The Hall–Kier alpha value is -1.95. The molecule has 16 heavy (non-hydrogen) atoms. The van der Waals surface area contributed by atoms with Gasteiger partial charge in [0, 0.05) is 5.56 Å². The molecular weight excluding hydrogens is 204 g/mol. The molecule has 0 N–H and O–H groups in total. The molecule has 0 amide bonds. The lowest BCUT2D eigenvalue weighted by Crippen LogP contribution is -2.14. The third-order valence-electron chi connectivity index (χ3n) is 1.73. The topological polar surface area (TPSA) is 35.5 Å². The summed E-state index contributed by atoms with van der Waals surface area (Å²) in [7, 11) is 0. The van der Waals surface area contributed by atoms with Gasteiger partial charge in [-0.2, -0.15) is 0 Å². The molecule has 3 heteroatoms. The summed E-state index contributed by atoms with van der Waals surface area (Å²) in [5.74, 6) is 5.72. The summed E-state index contributed by atoms with van der Waals surface area (Å²) in [6.45, 7) is 3.73. The van der Waals surface area contributed by atoms with Crippen molar-refractivity contribution in [3.05, 3.63) is 35.9 Å². The van der Waals surface area contributed by atoms with Gasteiger partial charge in [-0.15, -0.1) is 0 Å². The Kier molecular flexibility index (Phi) is 4.94. The number of ether oxygens (including phenoxy) is 2. The largest absolute Gasteiger partial charge is 0.509 e. The molecule has 1 rings (SSSR count). The average Bonchev–Trinajstić information content (AvgIpc) is 2.28. The zero-order chi connectivity index (χ0) is 11.8. The summed E-state index contributed by atoms with van der Waals surface area (Å²) < 4.78 is 9.51. The van der Waals surface area contributed by atoms with E-state index in [0.717, 1.165) is 5.56 Å². The van der Waals surface area contributed by atoms with E-state index in [1.165, 1.54) is 0 Å². The molecule has 0 aromatic heterocycles. The molecule has 84 valence electrons. The predicted octanol–water partition coefficient (Wildman–Crippen LogP) is 2.60. The number of rotatable bonds is 2. The minimum atomic E-state index is -0.683. The molecule has 0 aliphatic rings. The molecule has 1 atom stereocenters. The Bertz CT molecular complexity index is 387. The van der Waals surface area contributed by atoms with Crippen LogP contribution in [0.3, 0.4) is 0 Å². The van der Waals surface area contributed by atoms with Gasteiger partial charge in [0.1, 0.15) is 0 Å². The van der Waals surface area contributed by atoms with Crippen molar-refractivity contribution in [2.24, 2.45) is 0 Å². The van der Waals surface area contributed by atoms with E-state index in [0.29, 0.717) is 6.61 Å². The van der Waals surface area contributed by atoms with Crippen molar-refractivity contribution in [3.8, 4) is 11.8 Å². The van der Waals surface area contributed by atoms with Gasteiger partial charge >= 0.3 is 6.16 Å². The maximum Gasteiger partial charge on any atom is 0.509 e. The van der Waals surface area contributed by atoms with Crippen LogP contribution in [-0.4, -0.2) is 18.9 Å². The first-order valence-electron chi connectivity index (χ1n) is 5.12. The number of hydrogen-bond donors (Lipinski definition) is 0. The summed E-state index contributed by atoms with van der Waals surface area (Å²) in [6.07, 6.45) is -1.16. The third-order valence-corrected chi connectivity index (χ3v) is 1.73. The van der Waals surface area contributed by atoms with Crippen LogP contribution in [0.5, 0.6) is 0 Å². The molecule has 0 heterocycles. The fraction of sp³-hybridized carbons (Fsp3) is 0.308. The molecule has 1 aromatic carbocycles. The Morgan fingerprint density at radius 3 is 2.69 bits per heavy atom. The minimum absolute atomic E-state index is 0.303. The van der Waals surface area contributed by atoms with Gasteiger partial charge in [0.25, 0.3) is 0 Å². The van der Waals surface area contributed by atoms with E-state index in [1.54, 1.807) is 13.8 Å². The first-order chi connectivity index (χ1) is 7.72. The Labute approximate surface area is 95.4 Å². The highest BCUT2D eigenvalue weighted by Gasteiger charge is 2.06. The number of carbonyl (C=O) groups excluding carboxylic acids is 1. The van der Waals surface area contributed by atoms with Crippen molar-refractivity contribution in [2.75, 3.05) is 6.61 Å². The molecule has 1 unspecified atom stereocenters. The Balaban J connectivity index is 2.49. The highest BCUT2D eigenvalue weighted by Crippen LogP contribution is 1.97. The van der Waals surface area contributed by atoms with Gasteiger partial charge in [-0.1, -0.05) is 30.0 Å². The summed E-state index contributed by atoms with van der Waals surface area (Å²) in [6, 6.07) is 9.51. The molecule has 0 bridgehead atoms. The van der Waals surface area contributed by atoms with Gasteiger partial charge in [0.15, 0.2) is 6.10 Å². The van der Waals surface area contributed by atoms with E-state index in [2.05, 4.69) is 16.6 Å². The van der Waals surface area contributed by atoms with Gasteiger partial charge in [0.2, 0.25) is 0 Å². The van der Waals surface area contributed by atoms with E-state index in [9.17, 15) is 4.79 Å². The zero-order valence-corrected chi connectivity index (χ0v) is 9.40. The average molecular weight is 218 g/mol.